The normalized spacial score (nSPS) is 13.0. The number of benzene rings is 1. The summed E-state index contributed by atoms with van der Waals surface area (Å²) in [4.78, 5) is 11.7. The van der Waals surface area contributed by atoms with E-state index in [0.29, 0.717) is 5.69 Å². The zero-order valence-electron chi connectivity index (χ0n) is 11.1. The van der Waals surface area contributed by atoms with Gasteiger partial charge in [0.05, 0.1) is 5.69 Å². The van der Waals surface area contributed by atoms with Crippen molar-refractivity contribution in [1.82, 2.24) is 0 Å². The number of nitrogens with two attached hydrogens (primary N) is 1. The van der Waals surface area contributed by atoms with Gasteiger partial charge in [-0.15, -0.1) is 0 Å². The molecule has 0 aromatic heterocycles. The van der Waals surface area contributed by atoms with Crippen LogP contribution in [0.2, 0.25) is 0 Å². The number of carbonyl (C=O) groups is 1. The van der Waals surface area contributed by atoms with Crippen LogP contribution >= 0.6 is 15.9 Å². The van der Waals surface area contributed by atoms with Crippen LogP contribution in [0.1, 0.15) is 39.3 Å². The minimum Gasteiger partial charge on any atom is -0.444 e. The Bertz CT molecular complexity index is 439. The van der Waals surface area contributed by atoms with Crippen LogP contribution < -0.4 is 11.1 Å². The average molecular weight is 315 g/mol. The summed E-state index contributed by atoms with van der Waals surface area (Å²) in [5.74, 6) is 0. The number of hydrogen-bond acceptors (Lipinski definition) is 3. The summed E-state index contributed by atoms with van der Waals surface area (Å²) in [7, 11) is 0. The van der Waals surface area contributed by atoms with Crippen molar-refractivity contribution in [3.8, 4) is 0 Å². The van der Waals surface area contributed by atoms with Crippen molar-refractivity contribution in [2.75, 3.05) is 5.32 Å². The Labute approximate surface area is 116 Å². The van der Waals surface area contributed by atoms with Crippen molar-refractivity contribution >= 4 is 27.7 Å². The van der Waals surface area contributed by atoms with Gasteiger partial charge >= 0.3 is 6.09 Å². The molecule has 1 rings (SSSR count). The minimum absolute atomic E-state index is 0.0858. The van der Waals surface area contributed by atoms with E-state index in [9.17, 15) is 4.79 Å². The van der Waals surface area contributed by atoms with Crippen LogP contribution in [0.3, 0.4) is 0 Å². The van der Waals surface area contributed by atoms with Gasteiger partial charge in [0.15, 0.2) is 0 Å². The quantitative estimate of drug-likeness (QED) is 0.872. The van der Waals surface area contributed by atoms with Gasteiger partial charge in [-0.25, -0.2) is 4.79 Å². The van der Waals surface area contributed by atoms with Crippen molar-refractivity contribution in [2.24, 2.45) is 5.73 Å². The number of hydrogen-bond donors (Lipinski definition) is 2. The van der Waals surface area contributed by atoms with E-state index in [1.807, 2.05) is 45.9 Å². The molecule has 0 spiro atoms. The van der Waals surface area contributed by atoms with Crippen LogP contribution in [-0.2, 0) is 4.74 Å². The fraction of sp³-hybridized carbons (Fsp3) is 0.462. The Morgan fingerprint density at radius 3 is 2.56 bits per heavy atom. The third-order valence-electron chi connectivity index (χ3n) is 2.15. The zero-order valence-corrected chi connectivity index (χ0v) is 12.7. The lowest BCUT2D eigenvalue weighted by molar-refractivity contribution is 0.0636. The molecular formula is C13H19BrN2O2. The van der Waals surface area contributed by atoms with Gasteiger partial charge in [0.25, 0.3) is 0 Å². The van der Waals surface area contributed by atoms with E-state index in [4.69, 9.17) is 10.5 Å². The van der Waals surface area contributed by atoms with Crippen molar-refractivity contribution in [3.05, 3.63) is 28.2 Å². The highest BCUT2D eigenvalue weighted by Crippen LogP contribution is 2.26. The third-order valence-corrected chi connectivity index (χ3v) is 2.84. The number of rotatable bonds is 2. The van der Waals surface area contributed by atoms with E-state index in [-0.39, 0.29) is 6.04 Å². The molecule has 0 heterocycles. The predicted octanol–water partition coefficient (Wildman–Crippen LogP) is 3.82. The lowest BCUT2D eigenvalue weighted by Gasteiger charge is -2.20. The second-order valence-corrected chi connectivity index (χ2v) is 6.01. The predicted molar refractivity (Wildman–Crippen MR) is 76.6 cm³/mol. The van der Waals surface area contributed by atoms with Crippen LogP contribution in [0, 0.1) is 0 Å². The Morgan fingerprint density at radius 2 is 2.06 bits per heavy atom. The zero-order chi connectivity index (χ0) is 13.9. The molecule has 0 aliphatic rings. The van der Waals surface area contributed by atoms with Crippen molar-refractivity contribution in [2.45, 2.75) is 39.3 Å². The second-order valence-electron chi connectivity index (χ2n) is 5.15. The summed E-state index contributed by atoms with van der Waals surface area (Å²) in [5, 5.41) is 2.70. The van der Waals surface area contributed by atoms with Crippen molar-refractivity contribution < 1.29 is 9.53 Å². The van der Waals surface area contributed by atoms with Gasteiger partial charge in [-0.05, 0) is 61.3 Å². The van der Waals surface area contributed by atoms with Crippen LogP contribution in [0.5, 0.6) is 0 Å². The highest BCUT2D eigenvalue weighted by atomic mass is 79.9. The van der Waals surface area contributed by atoms with E-state index in [2.05, 4.69) is 21.2 Å². The molecule has 0 unspecified atom stereocenters. The van der Waals surface area contributed by atoms with Crippen LogP contribution in [0.15, 0.2) is 22.7 Å². The molecule has 1 aromatic rings. The first kappa shape index (κ1) is 15.0. The number of halogens is 1. The number of anilines is 1. The maximum absolute atomic E-state index is 11.7. The third kappa shape index (κ3) is 4.66. The molecule has 4 nitrogen and oxygen atoms in total. The topological polar surface area (TPSA) is 64.3 Å². The standard InChI is InChI=1S/C13H19BrN2O2/c1-8(15)9-5-6-10(14)11(7-9)16-12(17)18-13(2,3)4/h5-8H,15H2,1-4H3,(H,16,17)/t8-/m0/s1. The van der Waals surface area contributed by atoms with Gasteiger partial charge in [-0.2, -0.15) is 0 Å². The first-order chi connectivity index (χ1) is 8.19. The van der Waals surface area contributed by atoms with Crippen LogP contribution in [-0.4, -0.2) is 11.7 Å². The number of amides is 1. The van der Waals surface area contributed by atoms with E-state index in [0.717, 1.165) is 10.0 Å². The first-order valence-electron chi connectivity index (χ1n) is 5.74. The lowest BCUT2D eigenvalue weighted by atomic mass is 10.1. The molecule has 1 amide bonds. The first-order valence-corrected chi connectivity index (χ1v) is 6.53. The number of ether oxygens (including phenoxy) is 1. The Kier molecular flexibility index (Phi) is 4.76. The molecule has 0 bridgehead atoms. The highest BCUT2D eigenvalue weighted by molar-refractivity contribution is 9.10. The Hall–Kier alpha value is -1.07. The molecule has 0 aliphatic heterocycles. The Balaban J connectivity index is 2.84. The van der Waals surface area contributed by atoms with Crippen molar-refractivity contribution in [3.63, 3.8) is 0 Å². The molecule has 0 saturated heterocycles. The monoisotopic (exact) mass is 314 g/mol. The summed E-state index contributed by atoms with van der Waals surface area (Å²) < 4.78 is 5.98. The Morgan fingerprint density at radius 1 is 1.44 bits per heavy atom. The fourth-order valence-electron chi connectivity index (χ4n) is 1.34. The second kappa shape index (κ2) is 5.71. The fourth-order valence-corrected chi connectivity index (χ4v) is 1.68. The highest BCUT2D eigenvalue weighted by Gasteiger charge is 2.17. The average Bonchev–Trinajstić information content (AvgIpc) is 2.18. The van der Waals surface area contributed by atoms with Gasteiger partial charge in [-0.1, -0.05) is 6.07 Å². The van der Waals surface area contributed by atoms with Crippen LogP contribution in [0.25, 0.3) is 0 Å². The summed E-state index contributed by atoms with van der Waals surface area (Å²) >= 11 is 3.38. The molecule has 3 N–H and O–H groups in total. The molecule has 100 valence electrons. The molecule has 0 saturated carbocycles. The van der Waals surface area contributed by atoms with Crippen LogP contribution in [0.4, 0.5) is 10.5 Å². The number of carbonyl (C=O) groups excluding carboxylic acids is 1. The van der Waals surface area contributed by atoms with Gasteiger partial charge < -0.3 is 10.5 Å². The summed E-state index contributed by atoms with van der Waals surface area (Å²) in [6.07, 6.45) is -0.481. The van der Waals surface area contributed by atoms with E-state index < -0.39 is 11.7 Å². The molecule has 1 atom stereocenters. The van der Waals surface area contributed by atoms with E-state index >= 15 is 0 Å². The SMILES string of the molecule is C[C@H](N)c1ccc(Br)c(NC(=O)OC(C)(C)C)c1. The van der Waals surface area contributed by atoms with Gasteiger partial charge in [0.2, 0.25) is 0 Å². The van der Waals surface area contributed by atoms with E-state index in [1.54, 1.807) is 0 Å². The molecule has 1 aromatic carbocycles. The largest absolute Gasteiger partial charge is 0.444 e. The molecule has 0 aliphatic carbocycles. The molecule has 0 radical (unpaired) electrons. The van der Waals surface area contributed by atoms with Gasteiger partial charge in [-0.3, -0.25) is 5.32 Å². The van der Waals surface area contributed by atoms with Gasteiger partial charge in [0, 0.05) is 10.5 Å². The lowest BCUT2D eigenvalue weighted by Crippen LogP contribution is -2.27. The maximum atomic E-state index is 11.7. The van der Waals surface area contributed by atoms with Gasteiger partial charge in [0.1, 0.15) is 5.60 Å². The summed E-state index contributed by atoms with van der Waals surface area (Å²) in [6, 6.07) is 5.51. The summed E-state index contributed by atoms with van der Waals surface area (Å²) in [5.41, 5.74) is 6.89. The van der Waals surface area contributed by atoms with E-state index in [1.165, 1.54) is 0 Å². The number of nitrogens with one attached hydrogen (secondary N) is 1. The minimum atomic E-state index is -0.519. The summed E-state index contributed by atoms with van der Waals surface area (Å²) in [6.45, 7) is 7.35. The van der Waals surface area contributed by atoms with Crippen molar-refractivity contribution in [1.29, 1.82) is 0 Å². The maximum Gasteiger partial charge on any atom is 0.412 e. The molecule has 0 fully saturated rings. The molecule has 5 heteroatoms. The molecular weight excluding hydrogens is 296 g/mol. The molecule has 18 heavy (non-hydrogen) atoms. The smallest absolute Gasteiger partial charge is 0.412 e.